The van der Waals surface area contributed by atoms with E-state index in [0.717, 1.165) is 53.9 Å². The van der Waals surface area contributed by atoms with Gasteiger partial charge in [0.15, 0.2) is 0 Å². The molecule has 0 atom stereocenters. The highest BCUT2D eigenvalue weighted by atomic mass is 35.5. The van der Waals surface area contributed by atoms with E-state index in [-0.39, 0.29) is 12.4 Å². The molecule has 4 nitrogen and oxygen atoms in total. The van der Waals surface area contributed by atoms with Crippen molar-refractivity contribution in [2.75, 3.05) is 24.6 Å². The van der Waals surface area contributed by atoms with E-state index < -0.39 is 0 Å². The fourth-order valence-electron chi connectivity index (χ4n) is 2.96. The van der Waals surface area contributed by atoms with Gasteiger partial charge in [0.25, 0.3) is 0 Å². The molecule has 1 saturated carbocycles. The summed E-state index contributed by atoms with van der Waals surface area (Å²) in [5, 5.41) is 1.14. The van der Waals surface area contributed by atoms with Crippen molar-refractivity contribution in [3.63, 3.8) is 0 Å². The van der Waals surface area contributed by atoms with Gasteiger partial charge in [-0.2, -0.15) is 0 Å². The van der Waals surface area contributed by atoms with Gasteiger partial charge in [-0.05, 0) is 50.7 Å². The number of anilines is 1. The topological polar surface area (TPSA) is 38.2 Å². The molecule has 0 spiro atoms. The Kier molecular flexibility index (Phi) is 4.39. The van der Waals surface area contributed by atoms with E-state index in [1.165, 1.54) is 25.7 Å². The first-order valence-corrected chi connectivity index (χ1v) is 7.96. The van der Waals surface area contributed by atoms with Crippen molar-refractivity contribution in [1.82, 2.24) is 9.97 Å². The first kappa shape index (κ1) is 15.3. The maximum Gasteiger partial charge on any atom is 0.140 e. The van der Waals surface area contributed by atoms with Gasteiger partial charge < -0.3 is 9.64 Å². The fraction of sp³-hybridized carbons (Fsp3) is 0.529. The highest BCUT2D eigenvalue weighted by Gasteiger charge is 2.22. The molecule has 2 heterocycles. The normalized spacial score (nSPS) is 17.6. The average molecular weight is 320 g/mol. The van der Waals surface area contributed by atoms with Crippen molar-refractivity contribution in [1.29, 1.82) is 0 Å². The second kappa shape index (κ2) is 6.29. The first-order valence-electron chi connectivity index (χ1n) is 7.96. The van der Waals surface area contributed by atoms with Crippen molar-refractivity contribution in [2.24, 2.45) is 5.92 Å². The summed E-state index contributed by atoms with van der Waals surface area (Å²) in [5.74, 6) is 3.63. The number of halogens is 1. The molecule has 2 aromatic rings. The quantitative estimate of drug-likeness (QED) is 0.860. The van der Waals surface area contributed by atoms with E-state index in [9.17, 15) is 0 Å². The molecule has 5 heteroatoms. The SMILES string of the molecule is Cc1nc(N2CCCC2)c2ccc(OCC3CC3)cc2n1.Cl. The van der Waals surface area contributed by atoms with Crippen LogP contribution in [0.15, 0.2) is 18.2 Å². The molecule has 1 aliphatic heterocycles. The Morgan fingerprint density at radius 2 is 1.95 bits per heavy atom. The minimum Gasteiger partial charge on any atom is -0.493 e. The number of aromatic nitrogens is 2. The summed E-state index contributed by atoms with van der Waals surface area (Å²) >= 11 is 0. The zero-order valence-corrected chi connectivity index (χ0v) is 13.7. The molecule has 0 radical (unpaired) electrons. The molecular formula is C17H22ClN3O. The minimum absolute atomic E-state index is 0. The van der Waals surface area contributed by atoms with Crippen LogP contribution in [0.5, 0.6) is 5.75 Å². The summed E-state index contributed by atoms with van der Waals surface area (Å²) in [6.07, 6.45) is 5.14. The Labute approximate surface area is 137 Å². The van der Waals surface area contributed by atoms with Crippen LogP contribution in [0, 0.1) is 12.8 Å². The van der Waals surface area contributed by atoms with Gasteiger partial charge in [0.1, 0.15) is 17.4 Å². The van der Waals surface area contributed by atoms with Gasteiger partial charge in [0, 0.05) is 24.5 Å². The Morgan fingerprint density at radius 3 is 2.68 bits per heavy atom. The lowest BCUT2D eigenvalue weighted by Crippen LogP contribution is -2.20. The lowest BCUT2D eigenvalue weighted by molar-refractivity contribution is 0.300. The van der Waals surface area contributed by atoms with E-state index in [2.05, 4.69) is 33.1 Å². The molecule has 0 amide bonds. The second-order valence-corrected chi connectivity index (χ2v) is 6.22. The van der Waals surface area contributed by atoms with Gasteiger partial charge in [-0.15, -0.1) is 12.4 Å². The van der Waals surface area contributed by atoms with Crippen LogP contribution in [0.4, 0.5) is 5.82 Å². The van der Waals surface area contributed by atoms with Gasteiger partial charge in [0.2, 0.25) is 0 Å². The molecule has 0 bridgehead atoms. The van der Waals surface area contributed by atoms with Crippen LogP contribution in [0.1, 0.15) is 31.5 Å². The summed E-state index contributed by atoms with van der Waals surface area (Å²) in [6, 6.07) is 6.24. The number of fused-ring (bicyclic) bond motifs is 1. The highest BCUT2D eigenvalue weighted by Crippen LogP contribution is 2.32. The predicted octanol–water partition coefficient (Wildman–Crippen LogP) is 3.75. The van der Waals surface area contributed by atoms with Gasteiger partial charge in [-0.3, -0.25) is 0 Å². The average Bonchev–Trinajstić information content (AvgIpc) is 3.15. The van der Waals surface area contributed by atoms with Crippen molar-refractivity contribution in [3.05, 3.63) is 24.0 Å². The number of nitrogens with zero attached hydrogens (tertiary/aromatic N) is 3. The minimum atomic E-state index is 0. The largest absolute Gasteiger partial charge is 0.493 e. The third-order valence-corrected chi connectivity index (χ3v) is 4.35. The summed E-state index contributed by atoms with van der Waals surface area (Å²) in [6.45, 7) is 5.02. The predicted molar refractivity (Wildman–Crippen MR) is 91.2 cm³/mol. The molecule has 0 unspecified atom stereocenters. The first-order chi connectivity index (χ1) is 10.3. The number of ether oxygens (including phenoxy) is 1. The molecule has 4 rings (SSSR count). The molecule has 2 aliphatic rings. The number of hydrogen-bond donors (Lipinski definition) is 0. The molecule has 1 aliphatic carbocycles. The van der Waals surface area contributed by atoms with Crippen LogP contribution >= 0.6 is 12.4 Å². The van der Waals surface area contributed by atoms with Crippen LogP contribution in [0.2, 0.25) is 0 Å². The number of rotatable bonds is 4. The van der Waals surface area contributed by atoms with Crippen molar-refractivity contribution in [3.8, 4) is 5.75 Å². The van der Waals surface area contributed by atoms with Crippen LogP contribution in [0.3, 0.4) is 0 Å². The van der Waals surface area contributed by atoms with Crippen molar-refractivity contribution >= 4 is 29.1 Å². The molecule has 22 heavy (non-hydrogen) atoms. The lowest BCUT2D eigenvalue weighted by Gasteiger charge is -2.19. The number of benzene rings is 1. The van der Waals surface area contributed by atoms with Gasteiger partial charge in [-0.25, -0.2) is 9.97 Å². The lowest BCUT2D eigenvalue weighted by atomic mass is 10.2. The smallest absolute Gasteiger partial charge is 0.140 e. The number of hydrogen-bond acceptors (Lipinski definition) is 4. The Morgan fingerprint density at radius 1 is 1.18 bits per heavy atom. The highest BCUT2D eigenvalue weighted by molar-refractivity contribution is 5.90. The van der Waals surface area contributed by atoms with Crippen molar-refractivity contribution < 1.29 is 4.74 Å². The number of aryl methyl sites for hydroxylation is 1. The molecule has 0 N–H and O–H groups in total. The summed E-state index contributed by atoms with van der Waals surface area (Å²) in [7, 11) is 0. The second-order valence-electron chi connectivity index (χ2n) is 6.22. The maximum atomic E-state index is 5.87. The Balaban J connectivity index is 0.00000144. The third kappa shape index (κ3) is 3.12. The summed E-state index contributed by atoms with van der Waals surface area (Å²) in [5.41, 5.74) is 0.998. The molecule has 1 saturated heterocycles. The standard InChI is InChI=1S/C17H21N3O.ClH/c1-12-18-16-10-14(21-11-13-4-5-13)6-7-15(16)17(19-12)20-8-2-3-9-20;/h6-7,10,13H,2-5,8-9,11H2,1H3;1H. The van der Waals surface area contributed by atoms with Crippen molar-refractivity contribution in [2.45, 2.75) is 32.6 Å². The van der Waals surface area contributed by atoms with Crippen LogP contribution in [-0.2, 0) is 0 Å². The molecular weight excluding hydrogens is 298 g/mol. The third-order valence-electron chi connectivity index (χ3n) is 4.35. The van der Waals surface area contributed by atoms with Gasteiger partial charge >= 0.3 is 0 Å². The van der Waals surface area contributed by atoms with Gasteiger partial charge in [-0.1, -0.05) is 0 Å². The summed E-state index contributed by atoms with van der Waals surface area (Å²) < 4.78 is 5.87. The van der Waals surface area contributed by atoms with E-state index in [1.54, 1.807) is 0 Å². The molecule has 1 aromatic carbocycles. The zero-order chi connectivity index (χ0) is 14.2. The molecule has 1 aromatic heterocycles. The maximum absolute atomic E-state index is 5.87. The van der Waals surface area contributed by atoms with Crippen LogP contribution in [0.25, 0.3) is 10.9 Å². The van der Waals surface area contributed by atoms with E-state index >= 15 is 0 Å². The zero-order valence-electron chi connectivity index (χ0n) is 12.9. The monoisotopic (exact) mass is 319 g/mol. The Bertz CT molecular complexity index is 666. The van der Waals surface area contributed by atoms with Gasteiger partial charge in [0.05, 0.1) is 12.1 Å². The molecule has 2 fully saturated rings. The summed E-state index contributed by atoms with van der Waals surface area (Å²) in [4.78, 5) is 11.6. The van der Waals surface area contributed by atoms with E-state index in [0.29, 0.717) is 0 Å². The molecule has 118 valence electrons. The van der Waals surface area contributed by atoms with Crippen LogP contribution < -0.4 is 9.64 Å². The fourth-order valence-corrected chi connectivity index (χ4v) is 2.96. The van der Waals surface area contributed by atoms with E-state index in [4.69, 9.17) is 4.74 Å². The van der Waals surface area contributed by atoms with E-state index in [1.807, 2.05) is 6.92 Å². The Hall–Kier alpha value is -1.55. The van der Waals surface area contributed by atoms with Crippen LogP contribution in [-0.4, -0.2) is 29.7 Å².